The van der Waals surface area contributed by atoms with E-state index in [1.807, 2.05) is 6.92 Å². The molecule has 0 spiro atoms. The van der Waals surface area contributed by atoms with Gasteiger partial charge in [-0.1, -0.05) is 0 Å². The molecule has 0 bridgehead atoms. The number of H-pyrrole nitrogens is 1. The number of nitrogens with one attached hydrogen (secondary N) is 1. The maximum atomic E-state index is 11.6. The number of hydrogen-bond acceptors (Lipinski definition) is 4. The molecule has 0 saturated heterocycles. The van der Waals surface area contributed by atoms with Crippen molar-refractivity contribution in [3.05, 3.63) is 23.3 Å². The van der Waals surface area contributed by atoms with Crippen molar-refractivity contribution in [1.82, 2.24) is 9.97 Å². The molecule has 2 rings (SSSR count). The zero-order chi connectivity index (χ0) is 11.7. The molecule has 2 aromatic rings. The lowest BCUT2D eigenvalue weighted by atomic mass is 10.1. The number of ether oxygens (including phenoxy) is 1. The van der Waals surface area contributed by atoms with Gasteiger partial charge in [0, 0.05) is 0 Å². The Morgan fingerprint density at radius 3 is 3.00 bits per heavy atom. The van der Waals surface area contributed by atoms with Crippen molar-refractivity contribution in [2.24, 2.45) is 0 Å². The van der Waals surface area contributed by atoms with Crippen molar-refractivity contribution in [2.75, 3.05) is 12.3 Å². The van der Waals surface area contributed by atoms with E-state index >= 15 is 0 Å². The van der Waals surface area contributed by atoms with E-state index in [1.54, 1.807) is 19.1 Å². The standard InChI is InChI=1S/C11H13N3O2/c1-3-16-10(15)7-4-6(2)9-8(5-7)13-11(12)14-9/h4-5H,3H2,1-2H3,(H3,12,13,14). The molecule has 0 aliphatic carbocycles. The van der Waals surface area contributed by atoms with E-state index in [2.05, 4.69) is 9.97 Å². The predicted octanol–water partition coefficient (Wildman–Crippen LogP) is 1.63. The maximum Gasteiger partial charge on any atom is 0.338 e. The van der Waals surface area contributed by atoms with Gasteiger partial charge in [0.15, 0.2) is 5.95 Å². The minimum Gasteiger partial charge on any atom is -0.462 e. The number of nitrogen functional groups attached to an aromatic ring is 1. The molecular formula is C11H13N3O2. The fraction of sp³-hybridized carbons (Fsp3) is 0.273. The fourth-order valence-corrected chi connectivity index (χ4v) is 1.64. The van der Waals surface area contributed by atoms with Crippen LogP contribution in [0.3, 0.4) is 0 Å². The Labute approximate surface area is 92.6 Å². The van der Waals surface area contributed by atoms with E-state index in [9.17, 15) is 4.79 Å². The number of nitrogens with two attached hydrogens (primary N) is 1. The van der Waals surface area contributed by atoms with Crippen LogP contribution in [0.1, 0.15) is 22.8 Å². The van der Waals surface area contributed by atoms with Gasteiger partial charge in [0.1, 0.15) is 0 Å². The molecule has 3 N–H and O–H groups in total. The van der Waals surface area contributed by atoms with Crippen molar-refractivity contribution in [3.63, 3.8) is 0 Å². The SMILES string of the molecule is CCOC(=O)c1cc(C)c2nc(N)[nH]c2c1. The lowest BCUT2D eigenvalue weighted by Gasteiger charge is -2.03. The molecule has 0 unspecified atom stereocenters. The second kappa shape index (κ2) is 3.84. The number of aryl methyl sites for hydroxylation is 1. The van der Waals surface area contributed by atoms with Gasteiger partial charge in [0.2, 0.25) is 0 Å². The smallest absolute Gasteiger partial charge is 0.338 e. The number of imidazole rings is 1. The Morgan fingerprint density at radius 1 is 1.56 bits per heavy atom. The van der Waals surface area contributed by atoms with E-state index in [1.165, 1.54) is 0 Å². The van der Waals surface area contributed by atoms with E-state index in [0.29, 0.717) is 18.1 Å². The largest absolute Gasteiger partial charge is 0.462 e. The molecule has 0 radical (unpaired) electrons. The molecule has 5 nitrogen and oxygen atoms in total. The summed E-state index contributed by atoms with van der Waals surface area (Å²) in [4.78, 5) is 18.6. The molecular weight excluding hydrogens is 206 g/mol. The molecule has 0 fully saturated rings. The second-order valence-corrected chi connectivity index (χ2v) is 3.53. The minimum atomic E-state index is -0.333. The summed E-state index contributed by atoms with van der Waals surface area (Å²) in [6, 6.07) is 3.45. The lowest BCUT2D eigenvalue weighted by Crippen LogP contribution is -2.04. The van der Waals surface area contributed by atoms with Gasteiger partial charge in [-0.25, -0.2) is 9.78 Å². The molecule has 0 saturated carbocycles. The molecule has 0 amide bonds. The quantitative estimate of drug-likeness (QED) is 0.752. The van der Waals surface area contributed by atoms with Crippen LogP contribution >= 0.6 is 0 Å². The van der Waals surface area contributed by atoms with Crippen LogP contribution in [0.4, 0.5) is 5.95 Å². The van der Waals surface area contributed by atoms with Gasteiger partial charge in [-0.3, -0.25) is 0 Å². The second-order valence-electron chi connectivity index (χ2n) is 3.53. The lowest BCUT2D eigenvalue weighted by molar-refractivity contribution is 0.0526. The number of carbonyl (C=O) groups excluding carboxylic acids is 1. The Hall–Kier alpha value is -2.04. The van der Waals surface area contributed by atoms with Crippen molar-refractivity contribution in [3.8, 4) is 0 Å². The van der Waals surface area contributed by atoms with Crippen LogP contribution in [0.25, 0.3) is 11.0 Å². The van der Waals surface area contributed by atoms with Gasteiger partial charge in [0.05, 0.1) is 23.2 Å². The number of benzene rings is 1. The van der Waals surface area contributed by atoms with Gasteiger partial charge in [-0.05, 0) is 31.5 Å². The highest BCUT2D eigenvalue weighted by Crippen LogP contribution is 2.19. The van der Waals surface area contributed by atoms with Gasteiger partial charge < -0.3 is 15.5 Å². The monoisotopic (exact) mass is 219 g/mol. The molecule has 1 aromatic heterocycles. The van der Waals surface area contributed by atoms with Crippen molar-refractivity contribution in [2.45, 2.75) is 13.8 Å². The van der Waals surface area contributed by atoms with E-state index in [-0.39, 0.29) is 5.97 Å². The van der Waals surface area contributed by atoms with Crippen LogP contribution in [0, 0.1) is 6.92 Å². The van der Waals surface area contributed by atoms with Crippen LogP contribution in [-0.4, -0.2) is 22.5 Å². The summed E-state index contributed by atoms with van der Waals surface area (Å²) in [6.45, 7) is 4.02. The summed E-state index contributed by atoms with van der Waals surface area (Å²) >= 11 is 0. The number of rotatable bonds is 2. The highest BCUT2D eigenvalue weighted by atomic mass is 16.5. The van der Waals surface area contributed by atoms with Crippen molar-refractivity contribution >= 4 is 23.0 Å². The van der Waals surface area contributed by atoms with E-state index in [0.717, 1.165) is 16.6 Å². The highest BCUT2D eigenvalue weighted by Gasteiger charge is 2.11. The minimum absolute atomic E-state index is 0.333. The number of esters is 1. The van der Waals surface area contributed by atoms with Crippen LogP contribution in [-0.2, 0) is 4.74 Å². The molecule has 1 aromatic carbocycles. The van der Waals surface area contributed by atoms with Crippen molar-refractivity contribution in [1.29, 1.82) is 0 Å². The first-order chi connectivity index (χ1) is 7.61. The van der Waals surface area contributed by atoms with Crippen LogP contribution in [0.5, 0.6) is 0 Å². The summed E-state index contributed by atoms with van der Waals surface area (Å²) in [5.74, 6) is 0.0137. The van der Waals surface area contributed by atoms with Gasteiger partial charge >= 0.3 is 5.97 Å². The molecule has 1 heterocycles. The number of hydrogen-bond donors (Lipinski definition) is 2. The normalized spacial score (nSPS) is 10.6. The first-order valence-electron chi connectivity index (χ1n) is 5.04. The summed E-state index contributed by atoms with van der Waals surface area (Å²) in [5.41, 5.74) is 8.50. The Bertz CT molecular complexity index is 545. The topological polar surface area (TPSA) is 81.0 Å². The molecule has 84 valence electrons. The number of aromatic amines is 1. The van der Waals surface area contributed by atoms with Gasteiger partial charge in [-0.2, -0.15) is 0 Å². The maximum absolute atomic E-state index is 11.6. The number of fused-ring (bicyclic) bond motifs is 1. The van der Waals surface area contributed by atoms with Crippen LogP contribution in [0.2, 0.25) is 0 Å². The fourth-order valence-electron chi connectivity index (χ4n) is 1.64. The molecule has 0 atom stereocenters. The number of carbonyl (C=O) groups is 1. The number of aromatic nitrogens is 2. The average Bonchev–Trinajstić information content (AvgIpc) is 2.59. The summed E-state index contributed by atoms with van der Waals surface area (Å²) in [6.07, 6.45) is 0. The predicted molar refractivity (Wildman–Crippen MR) is 61.2 cm³/mol. The average molecular weight is 219 g/mol. The Morgan fingerprint density at radius 2 is 2.31 bits per heavy atom. The molecule has 5 heteroatoms. The molecule has 0 aliphatic heterocycles. The molecule has 16 heavy (non-hydrogen) atoms. The summed E-state index contributed by atoms with van der Waals surface area (Å²) in [7, 11) is 0. The van der Waals surface area contributed by atoms with Crippen molar-refractivity contribution < 1.29 is 9.53 Å². The van der Waals surface area contributed by atoms with Gasteiger partial charge in [-0.15, -0.1) is 0 Å². The zero-order valence-electron chi connectivity index (χ0n) is 9.20. The molecule has 0 aliphatic rings. The van der Waals surface area contributed by atoms with Crippen LogP contribution < -0.4 is 5.73 Å². The van der Waals surface area contributed by atoms with E-state index in [4.69, 9.17) is 10.5 Å². The number of nitrogens with zero attached hydrogens (tertiary/aromatic N) is 1. The zero-order valence-corrected chi connectivity index (χ0v) is 9.20. The van der Waals surface area contributed by atoms with Crippen LogP contribution in [0.15, 0.2) is 12.1 Å². The Balaban J connectivity index is 2.53. The third-order valence-electron chi connectivity index (χ3n) is 2.31. The third-order valence-corrected chi connectivity index (χ3v) is 2.31. The first-order valence-corrected chi connectivity index (χ1v) is 5.04. The van der Waals surface area contributed by atoms with E-state index < -0.39 is 0 Å². The number of anilines is 1. The highest BCUT2D eigenvalue weighted by molar-refractivity contribution is 5.95. The Kier molecular flexibility index (Phi) is 2.52. The third kappa shape index (κ3) is 1.71. The summed E-state index contributed by atoms with van der Waals surface area (Å²) < 4.78 is 4.93. The first kappa shape index (κ1) is 10.5. The van der Waals surface area contributed by atoms with Gasteiger partial charge in [0.25, 0.3) is 0 Å². The summed E-state index contributed by atoms with van der Waals surface area (Å²) in [5, 5.41) is 0.